The van der Waals surface area contributed by atoms with Gasteiger partial charge in [-0.1, -0.05) is 0 Å². The molecule has 0 aromatic rings. The molecule has 4 nitrogen and oxygen atoms in total. The molecule has 0 aromatic heterocycles. The third kappa shape index (κ3) is 8.44. The Labute approximate surface area is 86.6 Å². The van der Waals surface area contributed by atoms with Crippen LogP contribution in [0, 0.1) is 0 Å². The summed E-state index contributed by atoms with van der Waals surface area (Å²) in [5.74, 6) is 0. The fourth-order valence-corrected chi connectivity index (χ4v) is 0.925. The van der Waals surface area contributed by atoms with E-state index in [0.717, 1.165) is 26.2 Å². The van der Waals surface area contributed by atoms with E-state index < -0.39 is 0 Å². The molecule has 2 N–H and O–H groups in total. The number of ether oxygens (including phenoxy) is 2. The highest BCUT2D eigenvalue weighted by atomic mass is 16.5. The number of hydrogen-bond donors (Lipinski definition) is 2. The highest BCUT2D eigenvalue weighted by molar-refractivity contribution is 4.75. The maximum Gasteiger partial charge on any atom is 0.0607 e. The SMILES string of the molecule is COCCCOCCNC(C)(C)CO. The van der Waals surface area contributed by atoms with E-state index in [0.29, 0.717) is 6.61 Å². The Kier molecular flexibility index (Phi) is 8.08. The van der Waals surface area contributed by atoms with E-state index in [1.165, 1.54) is 0 Å². The van der Waals surface area contributed by atoms with E-state index in [9.17, 15) is 0 Å². The molecule has 0 fully saturated rings. The van der Waals surface area contributed by atoms with Gasteiger partial charge in [0.05, 0.1) is 13.2 Å². The largest absolute Gasteiger partial charge is 0.394 e. The van der Waals surface area contributed by atoms with Crippen LogP contribution in [0.4, 0.5) is 0 Å². The van der Waals surface area contributed by atoms with Crippen molar-refractivity contribution in [3.63, 3.8) is 0 Å². The van der Waals surface area contributed by atoms with E-state index in [4.69, 9.17) is 14.6 Å². The number of rotatable bonds is 9. The number of aliphatic hydroxyl groups is 1. The lowest BCUT2D eigenvalue weighted by molar-refractivity contribution is 0.0963. The van der Waals surface area contributed by atoms with Crippen molar-refractivity contribution in [1.82, 2.24) is 5.32 Å². The number of aliphatic hydroxyl groups excluding tert-OH is 1. The van der Waals surface area contributed by atoms with Crippen LogP contribution in [0.25, 0.3) is 0 Å². The van der Waals surface area contributed by atoms with Crippen molar-refractivity contribution in [2.45, 2.75) is 25.8 Å². The van der Waals surface area contributed by atoms with Crippen molar-refractivity contribution in [2.75, 3.05) is 40.1 Å². The summed E-state index contributed by atoms with van der Waals surface area (Å²) < 4.78 is 10.2. The van der Waals surface area contributed by atoms with Crippen LogP contribution in [0.3, 0.4) is 0 Å². The zero-order valence-corrected chi connectivity index (χ0v) is 9.51. The predicted octanol–water partition coefficient (Wildman–Crippen LogP) is 0.400. The lowest BCUT2D eigenvalue weighted by atomic mass is 10.1. The average molecular weight is 205 g/mol. The van der Waals surface area contributed by atoms with Gasteiger partial charge in [-0.15, -0.1) is 0 Å². The van der Waals surface area contributed by atoms with Crippen LogP contribution in [0.5, 0.6) is 0 Å². The first-order valence-corrected chi connectivity index (χ1v) is 5.05. The van der Waals surface area contributed by atoms with Gasteiger partial charge in [0.2, 0.25) is 0 Å². The summed E-state index contributed by atoms with van der Waals surface area (Å²) in [4.78, 5) is 0. The van der Waals surface area contributed by atoms with Gasteiger partial charge in [-0.2, -0.15) is 0 Å². The van der Waals surface area contributed by atoms with Gasteiger partial charge in [-0.3, -0.25) is 0 Å². The third-order valence-corrected chi connectivity index (χ3v) is 1.88. The molecule has 14 heavy (non-hydrogen) atoms. The lowest BCUT2D eigenvalue weighted by Gasteiger charge is -2.23. The van der Waals surface area contributed by atoms with Crippen molar-refractivity contribution in [3.05, 3.63) is 0 Å². The van der Waals surface area contributed by atoms with Crippen LogP contribution in [0.1, 0.15) is 20.3 Å². The van der Waals surface area contributed by atoms with Gasteiger partial charge in [-0.25, -0.2) is 0 Å². The van der Waals surface area contributed by atoms with E-state index in [-0.39, 0.29) is 12.1 Å². The van der Waals surface area contributed by atoms with Gasteiger partial charge in [0.1, 0.15) is 0 Å². The molecule has 0 aliphatic heterocycles. The van der Waals surface area contributed by atoms with Crippen molar-refractivity contribution < 1.29 is 14.6 Å². The summed E-state index contributed by atoms with van der Waals surface area (Å²) in [6, 6.07) is 0. The average Bonchev–Trinajstić information content (AvgIpc) is 2.16. The topological polar surface area (TPSA) is 50.7 Å². The lowest BCUT2D eigenvalue weighted by Crippen LogP contribution is -2.44. The molecule has 0 aliphatic rings. The van der Waals surface area contributed by atoms with Crippen LogP contribution in [-0.4, -0.2) is 50.7 Å². The summed E-state index contributed by atoms with van der Waals surface area (Å²) >= 11 is 0. The zero-order valence-electron chi connectivity index (χ0n) is 9.51. The Bertz CT molecular complexity index is 129. The minimum atomic E-state index is -0.212. The summed E-state index contributed by atoms with van der Waals surface area (Å²) in [5.41, 5.74) is -0.212. The Hall–Kier alpha value is -0.160. The summed E-state index contributed by atoms with van der Waals surface area (Å²) in [6.45, 7) is 6.96. The van der Waals surface area contributed by atoms with Gasteiger partial charge in [-0.05, 0) is 20.3 Å². The second-order valence-corrected chi connectivity index (χ2v) is 3.93. The molecule has 4 heteroatoms. The first-order valence-electron chi connectivity index (χ1n) is 5.05. The summed E-state index contributed by atoms with van der Waals surface area (Å²) in [6.07, 6.45) is 0.930. The summed E-state index contributed by atoms with van der Waals surface area (Å²) in [7, 11) is 1.69. The second kappa shape index (κ2) is 8.17. The fourth-order valence-electron chi connectivity index (χ4n) is 0.925. The fraction of sp³-hybridized carbons (Fsp3) is 1.00. The van der Waals surface area contributed by atoms with E-state index in [1.54, 1.807) is 7.11 Å². The molecule has 86 valence electrons. The van der Waals surface area contributed by atoms with Crippen molar-refractivity contribution in [2.24, 2.45) is 0 Å². The zero-order chi connectivity index (χ0) is 10.9. The van der Waals surface area contributed by atoms with Gasteiger partial charge in [0.15, 0.2) is 0 Å². The molecule has 0 amide bonds. The molecule has 0 spiro atoms. The Morgan fingerprint density at radius 1 is 1.21 bits per heavy atom. The van der Waals surface area contributed by atoms with Gasteiger partial charge >= 0.3 is 0 Å². The molecule has 0 aliphatic carbocycles. The quantitative estimate of drug-likeness (QED) is 0.535. The Morgan fingerprint density at radius 3 is 2.50 bits per heavy atom. The molecule has 0 heterocycles. The monoisotopic (exact) mass is 205 g/mol. The van der Waals surface area contributed by atoms with Crippen LogP contribution >= 0.6 is 0 Å². The number of methoxy groups -OCH3 is 1. The summed E-state index contributed by atoms with van der Waals surface area (Å²) in [5, 5.41) is 12.1. The normalized spacial score (nSPS) is 12.0. The van der Waals surface area contributed by atoms with Crippen LogP contribution in [0.2, 0.25) is 0 Å². The second-order valence-electron chi connectivity index (χ2n) is 3.93. The van der Waals surface area contributed by atoms with Crippen molar-refractivity contribution in [1.29, 1.82) is 0 Å². The van der Waals surface area contributed by atoms with Gasteiger partial charge < -0.3 is 19.9 Å². The minimum absolute atomic E-state index is 0.136. The highest BCUT2D eigenvalue weighted by Crippen LogP contribution is 1.98. The van der Waals surface area contributed by atoms with Crippen LogP contribution in [0.15, 0.2) is 0 Å². The van der Waals surface area contributed by atoms with E-state index in [2.05, 4.69) is 5.32 Å². The van der Waals surface area contributed by atoms with E-state index >= 15 is 0 Å². The minimum Gasteiger partial charge on any atom is -0.394 e. The van der Waals surface area contributed by atoms with Crippen LogP contribution < -0.4 is 5.32 Å². The molecular formula is C10H23NO3. The smallest absolute Gasteiger partial charge is 0.0607 e. The molecule has 0 saturated heterocycles. The number of hydrogen-bond acceptors (Lipinski definition) is 4. The molecule has 0 unspecified atom stereocenters. The van der Waals surface area contributed by atoms with E-state index in [1.807, 2.05) is 13.8 Å². The molecule has 0 aromatic carbocycles. The highest BCUT2D eigenvalue weighted by Gasteiger charge is 2.13. The van der Waals surface area contributed by atoms with Crippen molar-refractivity contribution >= 4 is 0 Å². The first kappa shape index (κ1) is 13.8. The van der Waals surface area contributed by atoms with Gasteiger partial charge in [0, 0.05) is 32.4 Å². The Morgan fingerprint density at radius 2 is 1.93 bits per heavy atom. The molecule has 0 atom stereocenters. The molecule has 0 rings (SSSR count). The molecule has 0 bridgehead atoms. The number of nitrogens with one attached hydrogen (secondary N) is 1. The molecule has 0 saturated carbocycles. The maximum absolute atomic E-state index is 8.95. The first-order chi connectivity index (χ1) is 6.62. The molecular weight excluding hydrogens is 182 g/mol. The van der Waals surface area contributed by atoms with Crippen LogP contribution in [-0.2, 0) is 9.47 Å². The molecule has 0 radical (unpaired) electrons. The maximum atomic E-state index is 8.95. The van der Waals surface area contributed by atoms with Crippen molar-refractivity contribution in [3.8, 4) is 0 Å². The predicted molar refractivity (Wildman–Crippen MR) is 56.5 cm³/mol. The third-order valence-electron chi connectivity index (χ3n) is 1.88. The standard InChI is InChI=1S/C10H23NO3/c1-10(2,9-12)11-5-8-14-7-4-6-13-3/h11-12H,4-9H2,1-3H3. The Balaban J connectivity index is 3.13. The van der Waals surface area contributed by atoms with Gasteiger partial charge in [0.25, 0.3) is 0 Å².